The van der Waals surface area contributed by atoms with E-state index in [1.807, 2.05) is 6.07 Å². The van der Waals surface area contributed by atoms with Crippen LogP contribution in [-0.4, -0.2) is 30.8 Å². The predicted octanol–water partition coefficient (Wildman–Crippen LogP) is 4.76. The van der Waals surface area contributed by atoms with Crippen molar-refractivity contribution >= 4 is 43.9 Å². The summed E-state index contributed by atoms with van der Waals surface area (Å²) in [5.41, 5.74) is 3.68. The topological polar surface area (TPSA) is 53.2 Å². The highest BCUT2D eigenvalue weighted by molar-refractivity contribution is 7.91. The zero-order valence-electron chi connectivity index (χ0n) is 13.8. The smallest absolute Gasteiger partial charge is 0.252 e. The number of piperidine rings is 1. The van der Waals surface area contributed by atoms with Crippen LogP contribution in [0.3, 0.4) is 0 Å². The average Bonchev–Trinajstić information content (AvgIpc) is 3.18. The van der Waals surface area contributed by atoms with Crippen molar-refractivity contribution in [2.24, 2.45) is 0 Å². The van der Waals surface area contributed by atoms with E-state index >= 15 is 0 Å². The Kier molecular flexibility index (Phi) is 4.40. The SMILES string of the molecule is Cc1[nH]c2ccccc2c1C1CCN(S(=O)(=O)c2ccc(Cl)s2)CC1. The molecule has 0 unspecified atom stereocenters. The molecule has 4 nitrogen and oxygen atoms in total. The zero-order valence-corrected chi connectivity index (χ0v) is 16.2. The van der Waals surface area contributed by atoms with Crippen LogP contribution < -0.4 is 0 Å². The molecule has 0 amide bonds. The lowest BCUT2D eigenvalue weighted by Gasteiger charge is -2.31. The molecule has 132 valence electrons. The lowest BCUT2D eigenvalue weighted by atomic mass is 9.88. The van der Waals surface area contributed by atoms with Gasteiger partial charge in [-0.25, -0.2) is 8.42 Å². The predicted molar refractivity (Wildman–Crippen MR) is 103 cm³/mol. The van der Waals surface area contributed by atoms with E-state index in [-0.39, 0.29) is 0 Å². The fourth-order valence-electron chi connectivity index (χ4n) is 3.77. The number of hydrogen-bond donors (Lipinski definition) is 1. The number of benzene rings is 1. The number of thiophene rings is 1. The number of para-hydroxylation sites is 1. The molecule has 1 N–H and O–H groups in total. The Morgan fingerprint density at radius 2 is 1.88 bits per heavy atom. The van der Waals surface area contributed by atoms with Gasteiger partial charge in [-0.05, 0) is 49.4 Å². The summed E-state index contributed by atoms with van der Waals surface area (Å²) in [6.07, 6.45) is 1.67. The fourth-order valence-corrected chi connectivity index (χ4v) is 6.88. The number of fused-ring (bicyclic) bond motifs is 1. The van der Waals surface area contributed by atoms with E-state index in [2.05, 4.69) is 30.1 Å². The van der Waals surface area contributed by atoms with Crippen LogP contribution in [0.15, 0.2) is 40.6 Å². The van der Waals surface area contributed by atoms with Crippen molar-refractivity contribution in [2.75, 3.05) is 13.1 Å². The number of hydrogen-bond acceptors (Lipinski definition) is 3. The van der Waals surface area contributed by atoms with E-state index in [1.165, 1.54) is 16.6 Å². The van der Waals surface area contributed by atoms with Crippen LogP contribution in [0.2, 0.25) is 4.34 Å². The zero-order chi connectivity index (χ0) is 17.6. The van der Waals surface area contributed by atoms with Crippen molar-refractivity contribution in [3.63, 3.8) is 0 Å². The molecule has 0 saturated carbocycles. The summed E-state index contributed by atoms with van der Waals surface area (Å²) < 4.78 is 27.9. The van der Waals surface area contributed by atoms with Gasteiger partial charge in [0.25, 0.3) is 10.0 Å². The summed E-state index contributed by atoms with van der Waals surface area (Å²) in [6, 6.07) is 11.6. The third kappa shape index (κ3) is 3.01. The average molecular weight is 395 g/mol. The van der Waals surface area contributed by atoms with E-state index in [1.54, 1.807) is 16.4 Å². The lowest BCUT2D eigenvalue weighted by molar-refractivity contribution is 0.320. The Morgan fingerprint density at radius 1 is 1.16 bits per heavy atom. The number of H-pyrrole nitrogens is 1. The highest BCUT2D eigenvalue weighted by atomic mass is 35.5. The van der Waals surface area contributed by atoms with Crippen molar-refractivity contribution in [1.82, 2.24) is 9.29 Å². The molecule has 1 aliphatic rings. The van der Waals surface area contributed by atoms with Crippen molar-refractivity contribution in [3.05, 3.63) is 52.0 Å². The molecule has 7 heteroatoms. The van der Waals surface area contributed by atoms with Gasteiger partial charge in [0.15, 0.2) is 0 Å². The van der Waals surface area contributed by atoms with Crippen LogP contribution in [-0.2, 0) is 10.0 Å². The first-order valence-electron chi connectivity index (χ1n) is 8.29. The number of rotatable bonds is 3. The van der Waals surface area contributed by atoms with Gasteiger partial charge in [-0.1, -0.05) is 29.8 Å². The number of aromatic amines is 1. The van der Waals surface area contributed by atoms with E-state index in [9.17, 15) is 8.42 Å². The Balaban J connectivity index is 1.56. The third-order valence-electron chi connectivity index (χ3n) is 4.95. The first-order valence-corrected chi connectivity index (χ1v) is 10.9. The van der Waals surface area contributed by atoms with Gasteiger partial charge in [-0.15, -0.1) is 11.3 Å². The van der Waals surface area contributed by atoms with E-state index < -0.39 is 10.0 Å². The molecule has 1 fully saturated rings. The largest absolute Gasteiger partial charge is 0.358 e. The highest BCUT2D eigenvalue weighted by Crippen LogP contribution is 2.37. The molecule has 0 spiro atoms. The Hall–Kier alpha value is -1.34. The molecular weight excluding hydrogens is 376 g/mol. The first kappa shape index (κ1) is 17.1. The minimum absolute atomic E-state index is 0.333. The highest BCUT2D eigenvalue weighted by Gasteiger charge is 2.32. The Bertz CT molecular complexity index is 1010. The van der Waals surface area contributed by atoms with Crippen molar-refractivity contribution < 1.29 is 8.42 Å². The van der Waals surface area contributed by atoms with Crippen LogP contribution >= 0.6 is 22.9 Å². The number of aromatic nitrogens is 1. The van der Waals surface area contributed by atoms with Gasteiger partial charge in [0.1, 0.15) is 4.21 Å². The van der Waals surface area contributed by atoms with Gasteiger partial charge in [-0.2, -0.15) is 4.31 Å². The molecule has 0 bridgehead atoms. The fraction of sp³-hybridized carbons (Fsp3) is 0.333. The van der Waals surface area contributed by atoms with Crippen molar-refractivity contribution in [2.45, 2.75) is 29.9 Å². The minimum atomic E-state index is -3.43. The van der Waals surface area contributed by atoms with Gasteiger partial charge in [-0.3, -0.25) is 0 Å². The molecule has 0 atom stereocenters. The molecule has 3 heterocycles. The van der Waals surface area contributed by atoms with E-state index in [0.29, 0.717) is 27.6 Å². The molecule has 2 aromatic heterocycles. The van der Waals surface area contributed by atoms with Crippen molar-refractivity contribution in [3.8, 4) is 0 Å². The molecule has 4 rings (SSSR count). The second-order valence-electron chi connectivity index (χ2n) is 6.45. The quantitative estimate of drug-likeness (QED) is 0.696. The molecule has 0 radical (unpaired) electrons. The van der Waals surface area contributed by atoms with Crippen LogP contribution in [0.4, 0.5) is 0 Å². The number of sulfonamides is 1. The monoisotopic (exact) mass is 394 g/mol. The van der Waals surface area contributed by atoms with Gasteiger partial charge >= 0.3 is 0 Å². The number of halogens is 1. The molecule has 0 aliphatic carbocycles. The van der Waals surface area contributed by atoms with Gasteiger partial charge in [0.2, 0.25) is 0 Å². The van der Waals surface area contributed by atoms with Gasteiger partial charge in [0, 0.05) is 29.7 Å². The molecular formula is C18H19ClN2O2S2. The number of nitrogens with one attached hydrogen (secondary N) is 1. The first-order chi connectivity index (χ1) is 12.0. The summed E-state index contributed by atoms with van der Waals surface area (Å²) in [6.45, 7) is 3.19. The summed E-state index contributed by atoms with van der Waals surface area (Å²) in [7, 11) is -3.43. The van der Waals surface area contributed by atoms with Crippen LogP contribution in [0.5, 0.6) is 0 Å². The summed E-state index contributed by atoms with van der Waals surface area (Å²) in [5.74, 6) is 0.384. The molecule has 3 aromatic rings. The molecule has 25 heavy (non-hydrogen) atoms. The molecule has 1 aliphatic heterocycles. The maximum Gasteiger partial charge on any atom is 0.252 e. The summed E-state index contributed by atoms with van der Waals surface area (Å²) in [5, 5.41) is 1.26. The minimum Gasteiger partial charge on any atom is -0.358 e. The van der Waals surface area contributed by atoms with E-state index in [0.717, 1.165) is 29.7 Å². The van der Waals surface area contributed by atoms with Gasteiger partial charge in [0.05, 0.1) is 4.34 Å². The standard InChI is InChI=1S/C18H19ClN2O2S2/c1-12-18(14-4-2-3-5-15(14)20-12)13-8-10-21(11-9-13)25(22,23)17-7-6-16(19)24-17/h2-7,13,20H,8-11H2,1H3. The van der Waals surface area contributed by atoms with Gasteiger partial charge < -0.3 is 4.98 Å². The number of aryl methyl sites for hydroxylation is 1. The normalized spacial score (nSPS) is 17.4. The maximum atomic E-state index is 12.7. The molecule has 1 aromatic carbocycles. The van der Waals surface area contributed by atoms with Crippen LogP contribution in [0, 0.1) is 6.92 Å². The summed E-state index contributed by atoms with van der Waals surface area (Å²) in [4.78, 5) is 3.45. The van der Waals surface area contributed by atoms with Crippen molar-refractivity contribution in [1.29, 1.82) is 0 Å². The molecule has 1 saturated heterocycles. The lowest BCUT2D eigenvalue weighted by Crippen LogP contribution is -2.37. The Labute approximate surface area is 156 Å². The second-order valence-corrected chi connectivity index (χ2v) is 10.3. The van der Waals surface area contributed by atoms with Crippen LogP contribution in [0.25, 0.3) is 10.9 Å². The Morgan fingerprint density at radius 3 is 2.56 bits per heavy atom. The van der Waals surface area contributed by atoms with Crippen LogP contribution in [0.1, 0.15) is 30.0 Å². The number of nitrogens with zero attached hydrogens (tertiary/aromatic N) is 1. The summed E-state index contributed by atoms with van der Waals surface area (Å²) >= 11 is 7.02. The third-order valence-corrected chi connectivity index (χ3v) is 8.55. The maximum absolute atomic E-state index is 12.7. The van der Waals surface area contributed by atoms with E-state index in [4.69, 9.17) is 11.6 Å². The second kappa shape index (κ2) is 6.43.